The summed E-state index contributed by atoms with van der Waals surface area (Å²) in [7, 11) is 1.56. The van der Waals surface area contributed by atoms with Crippen LogP contribution >= 0.6 is 11.8 Å². The van der Waals surface area contributed by atoms with Crippen molar-refractivity contribution in [2.24, 2.45) is 0 Å². The third kappa shape index (κ3) is 3.72. The van der Waals surface area contributed by atoms with Gasteiger partial charge in [0.2, 0.25) is 5.91 Å². The number of thioether (sulfide) groups is 1. The number of carbonyl (C=O) groups is 3. The van der Waals surface area contributed by atoms with Gasteiger partial charge in [0.05, 0.1) is 12.0 Å². The van der Waals surface area contributed by atoms with Crippen molar-refractivity contribution in [3.63, 3.8) is 0 Å². The van der Waals surface area contributed by atoms with E-state index in [1.807, 2.05) is 6.92 Å². The fourth-order valence-corrected chi connectivity index (χ4v) is 4.52. The van der Waals surface area contributed by atoms with Crippen LogP contribution in [0.4, 0.5) is 0 Å². The molecule has 0 unspecified atom stereocenters. The molecule has 0 saturated carbocycles. The Balaban J connectivity index is 1.45. The van der Waals surface area contributed by atoms with Crippen LogP contribution in [0, 0.1) is 0 Å². The van der Waals surface area contributed by atoms with Crippen LogP contribution in [0.2, 0.25) is 0 Å². The Labute approximate surface area is 155 Å². The molecule has 0 aliphatic carbocycles. The van der Waals surface area contributed by atoms with E-state index in [1.54, 1.807) is 48.0 Å². The van der Waals surface area contributed by atoms with Gasteiger partial charge in [-0.2, -0.15) is 0 Å². The van der Waals surface area contributed by atoms with Gasteiger partial charge in [0.25, 0.3) is 11.8 Å². The summed E-state index contributed by atoms with van der Waals surface area (Å²) in [5.74, 6) is 0.813. The predicted octanol–water partition coefficient (Wildman–Crippen LogP) is 0.675. The molecule has 3 rings (SSSR count). The van der Waals surface area contributed by atoms with Gasteiger partial charge in [-0.3, -0.25) is 25.2 Å². The Morgan fingerprint density at radius 1 is 1.27 bits per heavy atom. The molecule has 2 aliphatic rings. The average Bonchev–Trinajstić information content (AvgIpc) is 3.14. The zero-order valence-corrected chi connectivity index (χ0v) is 15.4. The molecule has 3 amide bonds. The van der Waals surface area contributed by atoms with Gasteiger partial charge in [0.1, 0.15) is 17.5 Å². The molecule has 2 N–H and O–H groups in total. The number of nitrogens with zero attached hydrogens (tertiary/aromatic N) is 1. The van der Waals surface area contributed by atoms with Crippen molar-refractivity contribution in [1.29, 1.82) is 0 Å². The Hall–Kier alpha value is -2.42. The van der Waals surface area contributed by atoms with E-state index in [4.69, 9.17) is 9.47 Å². The van der Waals surface area contributed by atoms with E-state index in [0.717, 1.165) is 6.42 Å². The molecule has 0 bridgehead atoms. The lowest BCUT2D eigenvalue weighted by Gasteiger charge is -2.29. The molecule has 2 heterocycles. The smallest absolute Gasteiger partial charge is 0.276 e. The molecule has 0 aromatic heterocycles. The third-order valence-electron chi connectivity index (χ3n) is 4.50. The molecule has 1 aromatic carbocycles. The van der Waals surface area contributed by atoms with Crippen LogP contribution < -0.4 is 20.3 Å². The third-order valence-corrected chi connectivity index (χ3v) is 6.01. The summed E-state index contributed by atoms with van der Waals surface area (Å²) in [5.41, 5.74) is 4.71. The summed E-state index contributed by atoms with van der Waals surface area (Å²) in [6.07, 6.45) is 1.19. The van der Waals surface area contributed by atoms with Crippen molar-refractivity contribution in [2.45, 2.75) is 30.7 Å². The largest absolute Gasteiger partial charge is 0.497 e. The first kappa shape index (κ1) is 18.4. The van der Waals surface area contributed by atoms with Gasteiger partial charge in [-0.15, -0.1) is 11.8 Å². The summed E-state index contributed by atoms with van der Waals surface area (Å²) >= 11 is 1.60. The number of nitrogens with one attached hydrogen (secondary N) is 2. The van der Waals surface area contributed by atoms with Gasteiger partial charge in [-0.1, -0.05) is 0 Å². The minimum Gasteiger partial charge on any atom is -0.497 e. The van der Waals surface area contributed by atoms with Crippen LogP contribution in [0.1, 0.15) is 19.8 Å². The summed E-state index contributed by atoms with van der Waals surface area (Å²) in [6.45, 7) is 1.73. The van der Waals surface area contributed by atoms with Gasteiger partial charge >= 0.3 is 0 Å². The molecular weight excluding hydrogens is 358 g/mol. The van der Waals surface area contributed by atoms with Gasteiger partial charge in [0.15, 0.2) is 6.61 Å². The highest BCUT2D eigenvalue weighted by molar-refractivity contribution is 8.01. The molecular formula is C17H21N3O5S. The maximum Gasteiger partial charge on any atom is 0.276 e. The van der Waals surface area contributed by atoms with Crippen molar-refractivity contribution in [2.75, 3.05) is 19.5 Å². The number of hydrazine groups is 1. The van der Waals surface area contributed by atoms with Crippen molar-refractivity contribution in [1.82, 2.24) is 15.8 Å². The molecule has 2 atom stereocenters. The zero-order chi connectivity index (χ0) is 18.7. The van der Waals surface area contributed by atoms with Crippen LogP contribution in [-0.2, 0) is 14.4 Å². The summed E-state index contributed by atoms with van der Waals surface area (Å²) in [5, 5.41) is 0. The van der Waals surface area contributed by atoms with E-state index in [1.165, 1.54) is 0 Å². The van der Waals surface area contributed by atoms with Crippen LogP contribution in [0.25, 0.3) is 0 Å². The molecule has 9 heteroatoms. The number of benzene rings is 1. The fraction of sp³-hybridized carbons (Fsp3) is 0.471. The second kappa shape index (κ2) is 7.45. The molecule has 26 heavy (non-hydrogen) atoms. The summed E-state index contributed by atoms with van der Waals surface area (Å²) in [6, 6.07) is 6.23. The maximum absolute atomic E-state index is 12.3. The van der Waals surface area contributed by atoms with Gasteiger partial charge < -0.3 is 14.4 Å². The molecule has 2 fully saturated rings. The molecule has 8 nitrogen and oxygen atoms in total. The second-order valence-electron chi connectivity index (χ2n) is 6.27. The molecule has 1 aromatic rings. The topological polar surface area (TPSA) is 97.0 Å². The van der Waals surface area contributed by atoms with E-state index in [2.05, 4.69) is 10.9 Å². The molecule has 2 saturated heterocycles. The lowest BCUT2D eigenvalue weighted by molar-refractivity contribution is -0.139. The highest BCUT2D eigenvalue weighted by Gasteiger charge is 2.52. The van der Waals surface area contributed by atoms with Crippen molar-refractivity contribution in [3.8, 4) is 11.5 Å². The normalized spacial score (nSPS) is 24.2. The average molecular weight is 379 g/mol. The lowest BCUT2D eigenvalue weighted by Crippen LogP contribution is -2.54. The molecule has 2 aliphatic heterocycles. The Kier molecular flexibility index (Phi) is 5.26. The lowest BCUT2D eigenvalue weighted by atomic mass is 10.2. The first-order valence-corrected chi connectivity index (χ1v) is 9.23. The van der Waals surface area contributed by atoms with Crippen molar-refractivity contribution < 1.29 is 23.9 Å². The zero-order valence-electron chi connectivity index (χ0n) is 14.6. The standard InChI is InChI=1S/C17H21N3O5S/c1-17-8-7-15(22)20(17)13(10-26-17)16(23)19-18-14(21)9-25-12-5-3-11(24-2)4-6-12/h3-6,13H,7-10H2,1-2H3,(H,18,21)(H,19,23)/t13-,17+/m0/s1. The van der Waals surface area contributed by atoms with Gasteiger partial charge in [-0.25, -0.2) is 0 Å². The highest BCUT2D eigenvalue weighted by atomic mass is 32.2. The van der Waals surface area contributed by atoms with Crippen LogP contribution in [0.5, 0.6) is 11.5 Å². The fourth-order valence-electron chi connectivity index (χ4n) is 3.09. The minimum atomic E-state index is -0.567. The number of rotatable bonds is 5. The van der Waals surface area contributed by atoms with E-state index in [0.29, 0.717) is 23.7 Å². The number of fused-ring (bicyclic) bond motifs is 1. The molecule has 0 radical (unpaired) electrons. The summed E-state index contributed by atoms with van der Waals surface area (Å²) in [4.78, 5) is 37.5. The van der Waals surface area contributed by atoms with E-state index < -0.39 is 17.9 Å². The second-order valence-corrected chi connectivity index (χ2v) is 7.77. The van der Waals surface area contributed by atoms with Crippen LogP contribution in [0.3, 0.4) is 0 Å². The van der Waals surface area contributed by atoms with E-state index in [9.17, 15) is 14.4 Å². The van der Waals surface area contributed by atoms with Crippen LogP contribution in [-0.4, -0.2) is 53.0 Å². The Morgan fingerprint density at radius 3 is 2.65 bits per heavy atom. The molecule has 140 valence electrons. The van der Waals surface area contributed by atoms with Crippen LogP contribution in [0.15, 0.2) is 24.3 Å². The Bertz CT molecular complexity index is 711. The number of methoxy groups -OCH3 is 1. The number of amides is 3. The number of hydrogen-bond donors (Lipinski definition) is 2. The number of hydrogen-bond acceptors (Lipinski definition) is 6. The number of carbonyl (C=O) groups excluding carboxylic acids is 3. The van der Waals surface area contributed by atoms with E-state index >= 15 is 0 Å². The SMILES string of the molecule is COc1ccc(OCC(=O)NNC(=O)[C@@H]2CS[C@]3(C)CCC(=O)N23)cc1. The Morgan fingerprint density at radius 2 is 1.96 bits per heavy atom. The first-order valence-electron chi connectivity index (χ1n) is 8.24. The van der Waals surface area contributed by atoms with Gasteiger partial charge in [-0.05, 0) is 37.6 Å². The highest BCUT2D eigenvalue weighted by Crippen LogP contribution is 2.47. The molecule has 0 spiro atoms. The predicted molar refractivity (Wildman–Crippen MR) is 95.5 cm³/mol. The van der Waals surface area contributed by atoms with Gasteiger partial charge in [0, 0.05) is 12.2 Å². The summed E-state index contributed by atoms with van der Waals surface area (Å²) < 4.78 is 10.4. The van der Waals surface area contributed by atoms with Crippen molar-refractivity contribution in [3.05, 3.63) is 24.3 Å². The van der Waals surface area contributed by atoms with E-state index in [-0.39, 0.29) is 17.4 Å². The quantitative estimate of drug-likeness (QED) is 0.730. The first-order chi connectivity index (χ1) is 12.4. The maximum atomic E-state index is 12.3. The van der Waals surface area contributed by atoms with Crippen molar-refractivity contribution >= 4 is 29.5 Å². The number of ether oxygens (including phenoxy) is 2. The minimum absolute atomic E-state index is 0.0215. The monoisotopic (exact) mass is 379 g/mol.